The van der Waals surface area contributed by atoms with Gasteiger partial charge in [0.2, 0.25) is 6.41 Å². The maximum Gasteiger partial charge on any atom is 0.221 e. The zero-order chi connectivity index (χ0) is 19.5. The topological polar surface area (TPSA) is 89.3 Å². The highest BCUT2D eigenvalue weighted by Crippen LogP contribution is 2.24. The lowest BCUT2D eigenvalue weighted by atomic mass is 10.1. The minimum Gasteiger partial charge on any atom is -0.489 e. The molecular formula is C21H24N4O2. The summed E-state index contributed by atoms with van der Waals surface area (Å²) in [5, 5.41) is 3.22. The average Bonchev–Trinajstić information content (AvgIpc) is 2.73. The number of pyridine rings is 1. The number of aryl methyl sites for hydroxylation is 1. The summed E-state index contributed by atoms with van der Waals surface area (Å²) >= 11 is 0. The van der Waals surface area contributed by atoms with Gasteiger partial charge < -0.3 is 10.1 Å². The van der Waals surface area contributed by atoms with Crippen LogP contribution in [-0.4, -0.2) is 18.4 Å². The fraction of sp³-hybridized carbons (Fsp3) is 0.143. The molecule has 140 valence electrons. The number of hydrazine groups is 1. The molecule has 3 aromatic rings. The van der Waals surface area contributed by atoms with Crippen LogP contribution in [0.2, 0.25) is 0 Å². The summed E-state index contributed by atoms with van der Waals surface area (Å²) in [6, 6.07) is 20.2. The van der Waals surface area contributed by atoms with Gasteiger partial charge in [0.25, 0.3) is 0 Å². The number of anilines is 1. The number of hydrogen-bond donors (Lipinski definition) is 3. The van der Waals surface area contributed by atoms with Crippen LogP contribution in [-0.2, 0) is 11.4 Å². The Morgan fingerprint density at radius 2 is 1.85 bits per heavy atom. The molecule has 27 heavy (non-hydrogen) atoms. The van der Waals surface area contributed by atoms with E-state index in [1.807, 2.05) is 55.6 Å². The van der Waals surface area contributed by atoms with E-state index < -0.39 is 0 Å². The molecular weight excluding hydrogens is 340 g/mol. The van der Waals surface area contributed by atoms with E-state index in [0.717, 1.165) is 22.7 Å². The Morgan fingerprint density at radius 1 is 1.11 bits per heavy atom. The van der Waals surface area contributed by atoms with Gasteiger partial charge in [0.05, 0.1) is 5.69 Å². The third kappa shape index (κ3) is 5.83. The van der Waals surface area contributed by atoms with Gasteiger partial charge in [-0.15, -0.1) is 0 Å². The number of nitrogens with two attached hydrogens (primary N) is 1. The molecule has 0 atom stereocenters. The van der Waals surface area contributed by atoms with Crippen LogP contribution in [0, 0.1) is 6.92 Å². The molecule has 0 bridgehead atoms. The number of carbonyl (C=O) groups is 1. The third-order valence-corrected chi connectivity index (χ3v) is 3.93. The zero-order valence-electron chi connectivity index (χ0n) is 15.5. The van der Waals surface area contributed by atoms with Crippen molar-refractivity contribution in [2.75, 3.05) is 12.4 Å². The zero-order valence-corrected chi connectivity index (χ0v) is 15.5. The molecule has 0 saturated heterocycles. The molecule has 6 nitrogen and oxygen atoms in total. The van der Waals surface area contributed by atoms with Gasteiger partial charge in [0, 0.05) is 36.1 Å². The summed E-state index contributed by atoms with van der Waals surface area (Å²) < 4.78 is 6.00. The van der Waals surface area contributed by atoms with E-state index in [-0.39, 0.29) is 0 Å². The molecule has 0 fully saturated rings. The molecule has 0 aliphatic carbocycles. The number of rotatable bonds is 6. The first-order chi connectivity index (χ1) is 13.2. The summed E-state index contributed by atoms with van der Waals surface area (Å²) in [6.07, 6.45) is 2.19. The van der Waals surface area contributed by atoms with E-state index in [9.17, 15) is 0 Å². The van der Waals surface area contributed by atoms with Gasteiger partial charge in [-0.25, -0.2) is 5.84 Å². The van der Waals surface area contributed by atoms with E-state index in [1.165, 1.54) is 11.1 Å². The summed E-state index contributed by atoms with van der Waals surface area (Å²) in [4.78, 5) is 13.4. The summed E-state index contributed by atoms with van der Waals surface area (Å²) in [7, 11) is 1.93. The molecule has 6 heteroatoms. The number of ether oxygens (including phenoxy) is 1. The fourth-order valence-corrected chi connectivity index (χ4v) is 2.55. The maximum atomic E-state index is 8.94. The molecule has 4 N–H and O–H groups in total. The number of aromatic nitrogens is 1. The van der Waals surface area contributed by atoms with Crippen LogP contribution in [0.1, 0.15) is 11.1 Å². The highest BCUT2D eigenvalue weighted by atomic mass is 16.5. The second-order valence-corrected chi connectivity index (χ2v) is 5.67. The highest BCUT2D eigenvalue weighted by molar-refractivity contribution is 5.60. The number of benzene rings is 2. The van der Waals surface area contributed by atoms with Crippen molar-refractivity contribution in [1.29, 1.82) is 0 Å². The lowest BCUT2D eigenvalue weighted by Gasteiger charge is -2.14. The van der Waals surface area contributed by atoms with Crippen LogP contribution < -0.4 is 21.3 Å². The second-order valence-electron chi connectivity index (χ2n) is 5.67. The quantitative estimate of drug-likeness (QED) is 0.270. The highest BCUT2D eigenvalue weighted by Gasteiger charge is 2.06. The van der Waals surface area contributed by atoms with E-state index in [2.05, 4.69) is 35.2 Å². The number of nitrogens with one attached hydrogen (secondary N) is 2. The lowest BCUT2D eigenvalue weighted by Crippen LogP contribution is -2.18. The van der Waals surface area contributed by atoms with Crippen molar-refractivity contribution in [3.8, 4) is 17.0 Å². The van der Waals surface area contributed by atoms with E-state index in [1.54, 1.807) is 11.6 Å². The SMILES string of the molecule is CNc1cccc(C)c1COc1ccnc(-c2ccccc2)c1.NNC=O. The second kappa shape index (κ2) is 10.6. The van der Waals surface area contributed by atoms with Gasteiger partial charge in [0.1, 0.15) is 12.4 Å². The number of nitrogens with zero attached hydrogens (tertiary/aromatic N) is 1. The van der Waals surface area contributed by atoms with Crippen molar-refractivity contribution >= 4 is 12.1 Å². The molecule has 0 radical (unpaired) electrons. The first kappa shape index (κ1) is 19.9. The summed E-state index contributed by atoms with van der Waals surface area (Å²) in [5.41, 5.74) is 7.25. The third-order valence-electron chi connectivity index (χ3n) is 3.93. The molecule has 0 aliphatic heterocycles. The number of amides is 1. The minimum atomic E-state index is 0.403. The van der Waals surface area contributed by atoms with E-state index in [4.69, 9.17) is 9.53 Å². The van der Waals surface area contributed by atoms with Gasteiger partial charge in [-0.3, -0.25) is 15.2 Å². The maximum absolute atomic E-state index is 8.94. The van der Waals surface area contributed by atoms with Crippen molar-refractivity contribution in [2.24, 2.45) is 5.84 Å². The molecule has 1 aromatic heterocycles. The molecule has 0 aliphatic rings. The normalized spacial score (nSPS) is 9.59. The Labute approximate surface area is 159 Å². The van der Waals surface area contributed by atoms with Crippen LogP contribution in [0.25, 0.3) is 11.3 Å². The molecule has 1 heterocycles. The Morgan fingerprint density at radius 3 is 2.52 bits per heavy atom. The summed E-state index contributed by atoms with van der Waals surface area (Å²) in [5.74, 6) is 5.23. The monoisotopic (exact) mass is 364 g/mol. The first-order valence-electron chi connectivity index (χ1n) is 8.50. The largest absolute Gasteiger partial charge is 0.489 e. The predicted molar refractivity (Wildman–Crippen MR) is 108 cm³/mol. The molecule has 1 amide bonds. The Bertz CT molecular complexity index is 854. The Balaban J connectivity index is 0.000000596. The van der Waals surface area contributed by atoms with E-state index >= 15 is 0 Å². The average molecular weight is 364 g/mol. The Kier molecular flexibility index (Phi) is 7.81. The number of hydrogen-bond acceptors (Lipinski definition) is 5. The van der Waals surface area contributed by atoms with Crippen molar-refractivity contribution in [3.63, 3.8) is 0 Å². The van der Waals surface area contributed by atoms with Crippen LogP contribution in [0.3, 0.4) is 0 Å². The van der Waals surface area contributed by atoms with Crippen LogP contribution in [0.5, 0.6) is 5.75 Å². The van der Waals surface area contributed by atoms with E-state index in [0.29, 0.717) is 13.0 Å². The molecule has 0 unspecified atom stereocenters. The van der Waals surface area contributed by atoms with Crippen molar-refractivity contribution in [2.45, 2.75) is 13.5 Å². The molecule has 0 spiro atoms. The van der Waals surface area contributed by atoms with Gasteiger partial charge in [0.15, 0.2) is 0 Å². The standard InChI is InChI=1S/C20H20N2O.CH4N2O/c1-15-7-6-10-19(21-2)18(15)14-23-17-11-12-22-20(13-17)16-8-4-3-5-9-16;2-3-1-4/h3-13,21H,14H2,1-2H3;1H,2H2,(H,3,4). The molecule has 2 aromatic carbocycles. The first-order valence-corrected chi connectivity index (χ1v) is 8.50. The smallest absolute Gasteiger partial charge is 0.221 e. The minimum absolute atomic E-state index is 0.403. The summed E-state index contributed by atoms with van der Waals surface area (Å²) in [6.45, 7) is 2.63. The van der Waals surface area contributed by atoms with Gasteiger partial charge in [-0.05, 0) is 24.6 Å². The van der Waals surface area contributed by atoms with Crippen molar-refractivity contribution in [3.05, 3.63) is 78.0 Å². The predicted octanol–water partition coefficient (Wildman–Crippen LogP) is 3.28. The van der Waals surface area contributed by atoms with Crippen molar-refractivity contribution in [1.82, 2.24) is 10.4 Å². The van der Waals surface area contributed by atoms with Crippen LogP contribution >= 0.6 is 0 Å². The van der Waals surface area contributed by atoms with Crippen LogP contribution in [0.15, 0.2) is 66.9 Å². The Hall–Kier alpha value is -3.38. The van der Waals surface area contributed by atoms with Gasteiger partial charge in [-0.2, -0.15) is 0 Å². The van der Waals surface area contributed by atoms with Gasteiger partial charge >= 0.3 is 0 Å². The number of carbonyl (C=O) groups excluding carboxylic acids is 1. The van der Waals surface area contributed by atoms with Gasteiger partial charge in [-0.1, -0.05) is 42.5 Å². The molecule has 3 rings (SSSR count). The molecule has 0 saturated carbocycles. The van der Waals surface area contributed by atoms with Crippen molar-refractivity contribution < 1.29 is 9.53 Å². The van der Waals surface area contributed by atoms with Crippen LogP contribution in [0.4, 0.5) is 5.69 Å². The fourth-order valence-electron chi connectivity index (χ4n) is 2.55. The lowest BCUT2D eigenvalue weighted by molar-refractivity contribution is -0.109.